The maximum Gasteiger partial charge on any atom is 0.194 e. The Morgan fingerprint density at radius 2 is 2.03 bits per heavy atom. The van der Waals surface area contributed by atoms with E-state index in [1.54, 1.807) is 11.3 Å². The number of halogens is 1. The fraction of sp³-hybridized carbons (Fsp3) is 0.524. The average Bonchev–Trinajstić information content (AvgIpc) is 3.43. The number of rotatable bonds is 5. The summed E-state index contributed by atoms with van der Waals surface area (Å²) >= 11 is 1.69. The van der Waals surface area contributed by atoms with Gasteiger partial charge >= 0.3 is 0 Å². The topological polar surface area (TPSA) is 53.0 Å². The number of aromatic nitrogens is 1. The van der Waals surface area contributed by atoms with Crippen molar-refractivity contribution in [1.82, 2.24) is 20.1 Å². The molecule has 4 rings (SSSR count). The van der Waals surface area contributed by atoms with Crippen LogP contribution >= 0.6 is 35.3 Å². The van der Waals surface area contributed by atoms with Crippen LogP contribution in [-0.4, -0.2) is 72.7 Å². The van der Waals surface area contributed by atoms with E-state index in [1.807, 2.05) is 6.07 Å². The molecule has 0 radical (unpaired) electrons. The summed E-state index contributed by atoms with van der Waals surface area (Å²) in [7, 11) is 0. The molecule has 0 spiro atoms. The Hall–Kier alpha value is -1.23. The van der Waals surface area contributed by atoms with Gasteiger partial charge in [-0.1, -0.05) is 30.3 Å². The lowest BCUT2D eigenvalue weighted by atomic mass is 10.2. The molecule has 0 aliphatic carbocycles. The molecular formula is C21H30IN5OS. The number of benzene rings is 1. The van der Waals surface area contributed by atoms with E-state index in [2.05, 4.69) is 51.7 Å². The maximum absolute atomic E-state index is 5.50. The molecule has 2 aliphatic heterocycles. The average molecular weight is 527 g/mol. The zero-order valence-corrected chi connectivity index (χ0v) is 20.1. The molecule has 1 atom stereocenters. The highest BCUT2D eigenvalue weighted by atomic mass is 127. The van der Waals surface area contributed by atoms with Crippen molar-refractivity contribution in [2.24, 2.45) is 4.99 Å². The first-order valence-corrected chi connectivity index (χ1v) is 11.1. The number of ether oxygens (including phenoxy) is 1. The Bertz CT molecular complexity index is 778. The molecule has 1 aromatic carbocycles. The highest BCUT2D eigenvalue weighted by molar-refractivity contribution is 14.0. The van der Waals surface area contributed by atoms with Gasteiger partial charge in [0.05, 0.1) is 25.5 Å². The predicted octanol–water partition coefficient (Wildman–Crippen LogP) is 3.30. The fourth-order valence-corrected chi connectivity index (χ4v) is 4.67. The van der Waals surface area contributed by atoms with Crippen LogP contribution in [0.2, 0.25) is 0 Å². The largest absolute Gasteiger partial charge is 0.379 e. The predicted molar refractivity (Wildman–Crippen MR) is 130 cm³/mol. The molecule has 29 heavy (non-hydrogen) atoms. The van der Waals surface area contributed by atoms with Gasteiger partial charge in [0.1, 0.15) is 5.01 Å². The smallest absolute Gasteiger partial charge is 0.194 e. The number of hydrogen-bond donors (Lipinski definition) is 1. The van der Waals surface area contributed by atoms with Crippen molar-refractivity contribution in [1.29, 1.82) is 0 Å². The first kappa shape index (κ1) is 22.5. The van der Waals surface area contributed by atoms with Crippen LogP contribution in [0.1, 0.15) is 19.0 Å². The van der Waals surface area contributed by atoms with E-state index >= 15 is 0 Å². The van der Waals surface area contributed by atoms with Crippen LogP contribution in [0.3, 0.4) is 0 Å². The summed E-state index contributed by atoms with van der Waals surface area (Å²) in [5.74, 6) is 1.01. The first-order valence-electron chi connectivity index (χ1n) is 10.2. The third-order valence-corrected chi connectivity index (χ3v) is 6.26. The van der Waals surface area contributed by atoms with E-state index in [9.17, 15) is 0 Å². The second kappa shape index (κ2) is 11.2. The van der Waals surface area contributed by atoms with Gasteiger partial charge in [-0.15, -0.1) is 35.3 Å². The summed E-state index contributed by atoms with van der Waals surface area (Å²) in [6.07, 6.45) is 1.19. The van der Waals surface area contributed by atoms with Crippen molar-refractivity contribution in [3.05, 3.63) is 41.4 Å². The quantitative estimate of drug-likeness (QED) is 0.368. The Morgan fingerprint density at radius 3 is 2.79 bits per heavy atom. The van der Waals surface area contributed by atoms with Crippen LogP contribution in [0.25, 0.3) is 10.6 Å². The van der Waals surface area contributed by atoms with Gasteiger partial charge in [-0.3, -0.25) is 4.90 Å². The number of thiazole rings is 1. The molecule has 158 valence electrons. The molecule has 0 bridgehead atoms. The minimum atomic E-state index is 0. The molecule has 2 aromatic rings. The molecule has 1 N–H and O–H groups in total. The molecule has 0 amide bonds. The standard InChI is InChI=1S/C21H29N5OS.HI/c1-2-22-21(26-9-8-19(15-26)25-10-12-27-13-11-25)23-14-18-16-28-20(24-18)17-6-4-3-5-7-17;/h3-7,16,19H,2,8-15H2,1H3,(H,22,23);1H. The van der Waals surface area contributed by atoms with Crippen molar-refractivity contribution in [2.75, 3.05) is 45.9 Å². The zero-order chi connectivity index (χ0) is 19.2. The number of aliphatic imine (C=N–C) groups is 1. The zero-order valence-electron chi connectivity index (χ0n) is 16.9. The summed E-state index contributed by atoms with van der Waals surface area (Å²) < 4.78 is 5.50. The van der Waals surface area contributed by atoms with Crippen LogP contribution in [0.15, 0.2) is 40.7 Å². The van der Waals surface area contributed by atoms with E-state index in [0.29, 0.717) is 12.6 Å². The molecule has 2 fully saturated rings. The normalized spacial score (nSPS) is 20.5. The second-order valence-electron chi connectivity index (χ2n) is 7.22. The third kappa shape index (κ3) is 5.90. The van der Waals surface area contributed by atoms with Crippen molar-refractivity contribution < 1.29 is 4.74 Å². The van der Waals surface area contributed by atoms with Crippen molar-refractivity contribution in [3.63, 3.8) is 0 Å². The summed E-state index contributed by atoms with van der Waals surface area (Å²) in [6, 6.07) is 11.0. The lowest BCUT2D eigenvalue weighted by Crippen LogP contribution is -2.46. The number of nitrogens with zero attached hydrogens (tertiary/aromatic N) is 4. The lowest BCUT2D eigenvalue weighted by Gasteiger charge is -2.32. The third-order valence-electron chi connectivity index (χ3n) is 5.32. The number of morpholine rings is 1. The minimum absolute atomic E-state index is 0. The van der Waals surface area contributed by atoms with E-state index in [4.69, 9.17) is 14.7 Å². The van der Waals surface area contributed by atoms with E-state index in [0.717, 1.165) is 62.6 Å². The first-order chi connectivity index (χ1) is 13.8. The van der Waals surface area contributed by atoms with E-state index in [-0.39, 0.29) is 24.0 Å². The second-order valence-corrected chi connectivity index (χ2v) is 8.08. The molecule has 2 saturated heterocycles. The summed E-state index contributed by atoms with van der Waals surface area (Å²) in [6.45, 7) is 9.53. The number of hydrogen-bond acceptors (Lipinski definition) is 5. The van der Waals surface area contributed by atoms with Gasteiger partial charge in [-0.2, -0.15) is 0 Å². The minimum Gasteiger partial charge on any atom is -0.379 e. The summed E-state index contributed by atoms with van der Waals surface area (Å²) in [5.41, 5.74) is 2.20. The van der Waals surface area contributed by atoms with Gasteiger partial charge in [0.15, 0.2) is 5.96 Å². The molecule has 8 heteroatoms. The number of nitrogens with one attached hydrogen (secondary N) is 1. The molecule has 1 aromatic heterocycles. The fourth-order valence-electron chi connectivity index (χ4n) is 3.85. The van der Waals surface area contributed by atoms with Crippen LogP contribution in [-0.2, 0) is 11.3 Å². The van der Waals surface area contributed by atoms with Crippen LogP contribution < -0.4 is 5.32 Å². The number of guanidine groups is 1. The van der Waals surface area contributed by atoms with Gasteiger partial charge in [0.25, 0.3) is 0 Å². The molecular weight excluding hydrogens is 497 g/mol. The van der Waals surface area contributed by atoms with Crippen molar-refractivity contribution in [3.8, 4) is 10.6 Å². The van der Waals surface area contributed by atoms with Gasteiger partial charge in [0.2, 0.25) is 0 Å². The Morgan fingerprint density at radius 1 is 1.24 bits per heavy atom. The van der Waals surface area contributed by atoms with Gasteiger partial charge in [-0.05, 0) is 13.3 Å². The maximum atomic E-state index is 5.50. The highest BCUT2D eigenvalue weighted by Gasteiger charge is 2.30. The van der Waals surface area contributed by atoms with Crippen LogP contribution in [0, 0.1) is 0 Å². The summed E-state index contributed by atoms with van der Waals surface area (Å²) in [4.78, 5) is 14.6. The Kier molecular flexibility index (Phi) is 8.70. The van der Waals surface area contributed by atoms with Crippen LogP contribution in [0.5, 0.6) is 0 Å². The number of likely N-dealkylation sites (tertiary alicyclic amines) is 1. The van der Waals surface area contributed by atoms with E-state index in [1.165, 1.54) is 12.0 Å². The Labute approximate surface area is 194 Å². The van der Waals surface area contributed by atoms with Gasteiger partial charge in [-0.25, -0.2) is 9.98 Å². The van der Waals surface area contributed by atoms with E-state index < -0.39 is 0 Å². The summed E-state index contributed by atoms with van der Waals surface area (Å²) in [5, 5.41) is 6.65. The van der Waals surface area contributed by atoms with Gasteiger partial charge in [0, 0.05) is 49.7 Å². The molecule has 3 heterocycles. The van der Waals surface area contributed by atoms with Crippen molar-refractivity contribution >= 4 is 41.3 Å². The molecule has 6 nitrogen and oxygen atoms in total. The lowest BCUT2D eigenvalue weighted by molar-refractivity contribution is 0.0195. The SMILES string of the molecule is CCNC(=NCc1csc(-c2ccccc2)n1)N1CCC(N2CCOCC2)C1.I. The van der Waals surface area contributed by atoms with Gasteiger partial charge < -0.3 is 15.0 Å². The van der Waals surface area contributed by atoms with Crippen LogP contribution in [0.4, 0.5) is 0 Å². The monoisotopic (exact) mass is 527 g/mol. The molecule has 0 saturated carbocycles. The molecule has 2 aliphatic rings. The molecule has 1 unspecified atom stereocenters. The Balaban J connectivity index is 0.00000240. The van der Waals surface area contributed by atoms with Crippen molar-refractivity contribution in [2.45, 2.75) is 25.9 Å². The highest BCUT2D eigenvalue weighted by Crippen LogP contribution is 2.24.